The van der Waals surface area contributed by atoms with E-state index in [1.807, 2.05) is 45.0 Å². The van der Waals surface area contributed by atoms with Crippen LogP contribution in [0.5, 0.6) is 0 Å². The van der Waals surface area contributed by atoms with Crippen molar-refractivity contribution in [2.45, 2.75) is 40.0 Å². The number of hydrogen-bond donors (Lipinski definition) is 1. The molecule has 6 heteroatoms. The largest absolute Gasteiger partial charge is 0.322 e. The third kappa shape index (κ3) is 4.16. The van der Waals surface area contributed by atoms with E-state index in [2.05, 4.69) is 5.32 Å². The number of benzene rings is 2. The Balaban J connectivity index is 1.86. The van der Waals surface area contributed by atoms with Crippen molar-refractivity contribution in [2.24, 2.45) is 0 Å². The lowest BCUT2D eigenvalue weighted by Gasteiger charge is -2.30. The Morgan fingerprint density at radius 3 is 2.67 bits per heavy atom. The van der Waals surface area contributed by atoms with Crippen molar-refractivity contribution >= 4 is 27.3 Å². The van der Waals surface area contributed by atoms with Crippen LogP contribution in [0.15, 0.2) is 36.4 Å². The summed E-state index contributed by atoms with van der Waals surface area (Å²) >= 11 is 0. The minimum atomic E-state index is -3.29. The molecule has 2 aromatic rings. The second-order valence-corrected chi connectivity index (χ2v) is 9.12. The highest BCUT2D eigenvalue weighted by molar-refractivity contribution is 7.92. The van der Waals surface area contributed by atoms with Crippen LogP contribution in [-0.4, -0.2) is 26.6 Å². The quantitative estimate of drug-likeness (QED) is 0.843. The summed E-state index contributed by atoms with van der Waals surface area (Å²) in [7, 11) is -3.29. The maximum atomic E-state index is 12.6. The Bertz CT molecular complexity index is 967. The molecule has 0 saturated carbocycles. The molecule has 0 aromatic heterocycles. The van der Waals surface area contributed by atoms with Crippen molar-refractivity contribution in [3.8, 4) is 0 Å². The van der Waals surface area contributed by atoms with E-state index in [4.69, 9.17) is 0 Å². The van der Waals surface area contributed by atoms with E-state index >= 15 is 0 Å². The van der Waals surface area contributed by atoms with Crippen molar-refractivity contribution in [1.82, 2.24) is 0 Å². The van der Waals surface area contributed by atoms with Crippen LogP contribution < -0.4 is 9.62 Å². The number of sulfonamides is 1. The number of nitrogens with zero attached hydrogens (tertiary/aromatic N) is 1. The number of nitrogens with one attached hydrogen (secondary N) is 1. The third-order valence-corrected chi connectivity index (χ3v) is 6.82. The number of anilines is 2. The van der Waals surface area contributed by atoms with Gasteiger partial charge < -0.3 is 5.32 Å². The van der Waals surface area contributed by atoms with Crippen LogP contribution in [0.1, 0.15) is 46.8 Å². The summed E-state index contributed by atoms with van der Waals surface area (Å²) < 4.78 is 26.6. The topological polar surface area (TPSA) is 66.5 Å². The van der Waals surface area contributed by atoms with Gasteiger partial charge in [0.25, 0.3) is 5.91 Å². The van der Waals surface area contributed by atoms with E-state index in [1.165, 1.54) is 4.31 Å². The molecule has 0 fully saturated rings. The number of aryl methyl sites for hydroxylation is 3. The van der Waals surface area contributed by atoms with E-state index in [1.54, 1.807) is 12.1 Å². The van der Waals surface area contributed by atoms with Crippen molar-refractivity contribution in [3.63, 3.8) is 0 Å². The van der Waals surface area contributed by atoms with E-state index in [0.29, 0.717) is 24.2 Å². The molecule has 1 aliphatic heterocycles. The molecule has 3 rings (SSSR count). The SMILES string of the molecule is CCCS(=O)(=O)N1CCCc2cc(NC(=O)c3cc(C)ccc3C)ccc21. The van der Waals surface area contributed by atoms with Crippen molar-refractivity contribution in [3.05, 3.63) is 58.7 Å². The molecule has 1 amide bonds. The van der Waals surface area contributed by atoms with Crippen LogP contribution >= 0.6 is 0 Å². The average Bonchev–Trinajstić information content (AvgIpc) is 2.63. The number of carbonyl (C=O) groups is 1. The Kier molecular flexibility index (Phi) is 5.56. The molecule has 1 N–H and O–H groups in total. The molecule has 0 bridgehead atoms. The predicted octanol–water partition coefficient (Wildman–Crippen LogP) is 4.05. The van der Waals surface area contributed by atoms with Crippen LogP contribution in [0.2, 0.25) is 0 Å². The summed E-state index contributed by atoms with van der Waals surface area (Å²) in [6, 6.07) is 11.3. The molecule has 0 unspecified atom stereocenters. The average molecular weight is 387 g/mol. The molecule has 0 radical (unpaired) electrons. The zero-order valence-corrected chi connectivity index (χ0v) is 16.9. The number of amides is 1. The van der Waals surface area contributed by atoms with Crippen molar-refractivity contribution < 1.29 is 13.2 Å². The van der Waals surface area contributed by atoms with Gasteiger partial charge >= 0.3 is 0 Å². The summed E-state index contributed by atoms with van der Waals surface area (Å²) in [6.07, 6.45) is 2.18. The minimum Gasteiger partial charge on any atom is -0.322 e. The monoisotopic (exact) mass is 386 g/mol. The predicted molar refractivity (Wildman–Crippen MR) is 110 cm³/mol. The van der Waals surface area contributed by atoms with Crippen LogP contribution in [0, 0.1) is 13.8 Å². The molecule has 1 aliphatic rings. The lowest BCUT2D eigenvalue weighted by molar-refractivity contribution is 0.102. The summed E-state index contributed by atoms with van der Waals surface area (Å²) in [6.45, 7) is 6.26. The van der Waals surface area contributed by atoms with Crippen LogP contribution in [0.4, 0.5) is 11.4 Å². The Hall–Kier alpha value is -2.34. The van der Waals surface area contributed by atoms with Crippen LogP contribution in [0.3, 0.4) is 0 Å². The second-order valence-electron chi connectivity index (χ2n) is 7.11. The molecule has 0 spiro atoms. The van der Waals surface area contributed by atoms with Crippen molar-refractivity contribution in [2.75, 3.05) is 21.9 Å². The van der Waals surface area contributed by atoms with E-state index in [0.717, 1.165) is 35.2 Å². The van der Waals surface area contributed by atoms with Gasteiger partial charge in [0.2, 0.25) is 10.0 Å². The van der Waals surface area contributed by atoms with Gasteiger partial charge in [0.1, 0.15) is 0 Å². The molecule has 0 atom stereocenters. The molecule has 2 aromatic carbocycles. The van der Waals surface area contributed by atoms with Crippen molar-refractivity contribution in [1.29, 1.82) is 0 Å². The fraction of sp³-hybridized carbons (Fsp3) is 0.381. The first-order valence-electron chi connectivity index (χ1n) is 9.34. The standard InChI is InChI=1S/C21H26N2O3S/c1-4-12-27(25,26)23-11-5-6-17-14-18(9-10-20(17)23)22-21(24)19-13-15(2)7-8-16(19)3/h7-10,13-14H,4-6,11-12H2,1-3H3,(H,22,24). The zero-order valence-electron chi connectivity index (χ0n) is 16.1. The summed E-state index contributed by atoms with van der Waals surface area (Å²) in [5.74, 6) is -0.000177. The zero-order chi connectivity index (χ0) is 19.6. The molecule has 0 aliphatic carbocycles. The number of hydrogen-bond acceptors (Lipinski definition) is 3. The third-order valence-electron chi connectivity index (χ3n) is 4.85. The number of fused-ring (bicyclic) bond motifs is 1. The highest BCUT2D eigenvalue weighted by Crippen LogP contribution is 2.32. The Morgan fingerprint density at radius 2 is 1.93 bits per heavy atom. The molecule has 144 valence electrons. The number of rotatable bonds is 5. The fourth-order valence-corrected chi connectivity index (χ4v) is 5.10. The first-order chi connectivity index (χ1) is 12.8. The first kappa shape index (κ1) is 19.4. The number of carbonyl (C=O) groups excluding carboxylic acids is 1. The summed E-state index contributed by atoms with van der Waals surface area (Å²) in [4.78, 5) is 12.6. The van der Waals surface area contributed by atoms with Crippen LogP contribution in [-0.2, 0) is 16.4 Å². The molecular formula is C21H26N2O3S. The molecule has 0 saturated heterocycles. The lowest BCUT2D eigenvalue weighted by atomic mass is 10.0. The normalized spacial score (nSPS) is 14.0. The maximum absolute atomic E-state index is 12.6. The Morgan fingerprint density at radius 1 is 1.15 bits per heavy atom. The fourth-order valence-electron chi connectivity index (χ4n) is 3.48. The first-order valence-corrected chi connectivity index (χ1v) is 10.9. The van der Waals surface area contributed by atoms with Gasteiger partial charge in [-0.2, -0.15) is 0 Å². The van der Waals surface area contributed by atoms with E-state index < -0.39 is 10.0 Å². The van der Waals surface area contributed by atoms with Gasteiger partial charge in [0, 0.05) is 17.8 Å². The molecule has 27 heavy (non-hydrogen) atoms. The van der Waals surface area contributed by atoms with Gasteiger partial charge in [-0.1, -0.05) is 24.6 Å². The lowest BCUT2D eigenvalue weighted by Crippen LogP contribution is -2.37. The minimum absolute atomic E-state index is 0.150. The summed E-state index contributed by atoms with van der Waals surface area (Å²) in [5, 5.41) is 2.95. The maximum Gasteiger partial charge on any atom is 0.255 e. The molecule has 1 heterocycles. The van der Waals surface area contributed by atoms with E-state index in [-0.39, 0.29) is 11.7 Å². The molecular weight excluding hydrogens is 360 g/mol. The second kappa shape index (κ2) is 7.72. The van der Waals surface area contributed by atoms with Gasteiger partial charge in [-0.15, -0.1) is 0 Å². The Labute approximate surface area is 161 Å². The molecule has 5 nitrogen and oxygen atoms in total. The van der Waals surface area contributed by atoms with Gasteiger partial charge in [-0.05, 0) is 68.5 Å². The smallest absolute Gasteiger partial charge is 0.255 e. The van der Waals surface area contributed by atoms with Crippen LogP contribution in [0.25, 0.3) is 0 Å². The van der Waals surface area contributed by atoms with Gasteiger partial charge in [0.15, 0.2) is 0 Å². The highest BCUT2D eigenvalue weighted by Gasteiger charge is 2.27. The van der Waals surface area contributed by atoms with E-state index in [9.17, 15) is 13.2 Å². The summed E-state index contributed by atoms with van der Waals surface area (Å²) in [5.41, 5.74) is 4.99. The highest BCUT2D eigenvalue weighted by atomic mass is 32.2. The van der Waals surface area contributed by atoms with Gasteiger partial charge in [-0.3, -0.25) is 9.10 Å². The van der Waals surface area contributed by atoms with Gasteiger partial charge in [0.05, 0.1) is 11.4 Å². The van der Waals surface area contributed by atoms with Gasteiger partial charge in [-0.25, -0.2) is 8.42 Å².